The van der Waals surface area contributed by atoms with E-state index < -0.39 is 0 Å². The molecule has 5 nitrogen and oxygen atoms in total. The van der Waals surface area contributed by atoms with Crippen LogP contribution in [0.1, 0.15) is 31.2 Å². The van der Waals surface area contributed by atoms with Crippen molar-refractivity contribution in [2.75, 3.05) is 19.6 Å². The Balaban J connectivity index is 1.28. The van der Waals surface area contributed by atoms with E-state index in [1.807, 2.05) is 6.07 Å². The predicted octanol–water partition coefficient (Wildman–Crippen LogP) is 1.79. The van der Waals surface area contributed by atoms with Crippen molar-refractivity contribution >= 4 is 5.91 Å². The third-order valence-corrected chi connectivity index (χ3v) is 5.18. The van der Waals surface area contributed by atoms with Crippen molar-refractivity contribution in [3.8, 4) is 0 Å². The van der Waals surface area contributed by atoms with Crippen LogP contribution in [0.2, 0.25) is 0 Å². The van der Waals surface area contributed by atoms with Gasteiger partial charge in [-0.25, -0.2) is 0 Å². The van der Waals surface area contributed by atoms with E-state index in [0.717, 1.165) is 44.9 Å². The van der Waals surface area contributed by atoms with E-state index in [-0.39, 0.29) is 18.1 Å². The number of nitrogens with one attached hydrogen (secondary N) is 1. The standard InChI is InChI=1S/C17H24N2O3/c20-17(18-8-12-1-2-12)15-7-14-3-5-19(10-16(14)22-15)9-13-4-6-21-11-13/h4,6,11-12,14-16H,1-3,5,7-10H2,(H,18,20)/t14-,15+,16-/m1/s1. The number of carbonyl (C=O) groups excluding carboxylic acids is 1. The maximum atomic E-state index is 12.2. The summed E-state index contributed by atoms with van der Waals surface area (Å²) in [5.41, 5.74) is 1.20. The zero-order chi connectivity index (χ0) is 14.9. The molecule has 1 aromatic heterocycles. The van der Waals surface area contributed by atoms with Crippen LogP contribution in [0.15, 0.2) is 23.0 Å². The first kappa shape index (κ1) is 14.3. The van der Waals surface area contributed by atoms with E-state index in [1.54, 1.807) is 12.5 Å². The quantitative estimate of drug-likeness (QED) is 0.901. The molecule has 1 amide bonds. The molecular formula is C17H24N2O3. The van der Waals surface area contributed by atoms with E-state index >= 15 is 0 Å². The zero-order valence-corrected chi connectivity index (χ0v) is 12.9. The summed E-state index contributed by atoms with van der Waals surface area (Å²) in [7, 11) is 0. The molecule has 3 fully saturated rings. The summed E-state index contributed by atoms with van der Waals surface area (Å²) in [4.78, 5) is 14.6. The molecule has 0 radical (unpaired) electrons. The van der Waals surface area contributed by atoms with E-state index in [0.29, 0.717) is 5.92 Å². The van der Waals surface area contributed by atoms with Crippen LogP contribution in [-0.4, -0.2) is 42.6 Å². The summed E-state index contributed by atoms with van der Waals surface area (Å²) < 4.78 is 11.2. The Hall–Kier alpha value is -1.33. The van der Waals surface area contributed by atoms with Crippen molar-refractivity contribution in [3.05, 3.63) is 24.2 Å². The van der Waals surface area contributed by atoms with E-state index in [2.05, 4.69) is 10.2 Å². The van der Waals surface area contributed by atoms with Gasteiger partial charge >= 0.3 is 0 Å². The summed E-state index contributed by atoms with van der Waals surface area (Å²) >= 11 is 0. The number of furan rings is 1. The van der Waals surface area contributed by atoms with Gasteiger partial charge in [0.1, 0.15) is 6.10 Å². The predicted molar refractivity (Wildman–Crippen MR) is 81.1 cm³/mol. The number of carbonyl (C=O) groups is 1. The SMILES string of the molecule is O=C(NCC1CC1)[C@@H]1C[C@H]2CCN(Cc3ccoc3)C[C@H]2O1. The second kappa shape index (κ2) is 6.05. The number of hydrogen-bond donors (Lipinski definition) is 1. The molecule has 0 unspecified atom stereocenters. The zero-order valence-electron chi connectivity index (χ0n) is 12.9. The Bertz CT molecular complexity index is 512. The highest BCUT2D eigenvalue weighted by molar-refractivity contribution is 5.81. The molecule has 2 aliphatic heterocycles. The number of fused-ring (bicyclic) bond motifs is 1. The van der Waals surface area contributed by atoms with Gasteiger partial charge in [-0.2, -0.15) is 0 Å². The van der Waals surface area contributed by atoms with E-state index in [1.165, 1.54) is 18.4 Å². The Morgan fingerprint density at radius 3 is 3.05 bits per heavy atom. The van der Waals surface area contributed by atoms with Crippen LogP contribution in [0.5, 0.6) is 0 Å². The number of likely N-dealkylation sites (tertiary alicyclic amines) is 1. The minimum Gasteiger partial charge on any atom is -0.472 e. The van der Waals surface area contributed by atoms with Crippen LogP contribution in [0, 0.1) is 11.8 Å². The third-order valence-electron chi connectivity index (χ3n) is 5.18. The molecule has 4 rings (SSSR count). The summed E-state index contributed by atoms with van der Waals surface area (Å²) in [6, 6.07) is 2.01. The lowest BCUT2D eigenvalue weighted by Crippen LogP contribution is -2.42. The topological polar surface area (TPSA) is 54.7 Å². The average Bonchev–Trinajstić information content (AvgIpc) is 3.03. The first-order chi connectivity index (χ1) is 10.8. The Labute approximate surface area is 131 Å². The van der Waals surface area contributed by atoms with Crippen LogP contribution in [0.3, 0.4) is 0 Å². The van der Waals surface area contributed by atoms with Crippen molar-refractivity contribution in [3.63, 3.8) is 0 Å². The number of nitrogens with zero attached hydrogens (tertiary/aromatic N) is 1. The van der Waals surface area contributed by atoms with Crippen LogP contribution >= 0.6 is 0 Å². The van der Waals surface area contributed by atoms with Gasteiger partial charge in [0.05, 0.1) is 18.6 Å². The molecule has 1 saturated carbocycles. The Morgan fingerprint density at radius 1 is 1.36 bits per heavy atom. The molecule has 1 aromatic rings. The van der Waals surface area contributed by atoms with Gasteiger partial charge in [-0.1, -0.05) is 0 Å². The van der Waals surface area contributed by atoms with Gasteiger partial charge in [0.15, 0.2) is 0 Å². The molecule has 1 aliphatic carbocycles. The maximum Gasteiger partial charge on any atom is 0.249 e. The van der Waals surface area contributed by atoms with Gasteiger partial charge in [-0.05, 0) is 50.1 Å². The lowest BCUT2D eigenvalue weighted by molar-refractivity contribution is -0.132. The lowest BCUT2D eigenvalue weighted by Gasteiger charge is -2.33. The molecule has 2 saturated heterocycles. The van der Waals surface area contributed by atoms with Gasteiger partial charge in [-0.15, -0.1) is 0 Å². The first-order valence-corrected chi connectivity index (χ1v) is 8.44. The molecular weight excluding hydrogens is 280 g/mol. The molecule has 120 valence electrons. The molecule has 22 heavy (non-hydrogen) atoms. The minimum absolute atomic E-state index is 0.0997. The monoisotopic (exact) mass is 304 g/mol. The van der Waals surface area contributed by atoms with Gasteiger partial charge in [0.2, 0.25) is 5.91 Å². The Morgan fingerprint density at radius 2 is 2.27 bits per heavy atom. The second-order valence-corrected chi connectivity index (χ2v) is 7.00. The van der Waals surface area contributed by atoms with Crippen molar-refractivity contribution in [2.45, 2.75) is 44.4 Å². The summed E-state index contributed by atoms with van der Waals surface area (Å²) in [5.74, 6) is 1.36. The average molecular weight is 304 g/mol. The fourth-order valence-corrected chi connectivity index (χ4v) is 3.63. The number of rotatable bonds is 5. The van der Waals surface area contributed by atoms with E-state index in [9.17, 15) is 4.79 Å². The number of amides is 1. The van der Waals surface area contributed by atoms with Crippen LogP contribution < -0.4 is 5.32 Å². The molecule has 0 spiro atoms. The number of piperidine rings is 1. The largest absolute Gasteiger partial charge is 0.472 e. The van der Waals surface area contributed by atoms with Gasteiger partial charge in [0, 0.05) is 25.2 Å². The minimum atomic E-state index is -0.234. The Kier molecular flexibility index (Phi) is 3.92. The van der Waals surface area contributed by atoms with Gasteiger partial charge in [0.25, 0.3) is 0 Å². The van der Waals surface area contributed by atoms with Crippen molar-refractivity contribution in [2.24, 2.45) is 11.8 Å². The van der Waals surface area contributed by atoms with Crippen LogP contribution in [0.25, 0.3) is 0 Å². The van der Waals surface area contributed by atoms with Gasteiger partial charge < -0.3 is 14.5 Å². The summed E-state index contributed by atoms with van der Waals surface area (Å²) in [6.45, 7) is 3.73. The smallest absolute Gasteiger partial charge is 0.249 e. The molecule has 3 heterocycles. The molecule has 3 aliphatic rings. The van der Waals surface area contributed by atoms with Crippen molar-refractivity contribution < 1.29 is 13.9 Å². The van der Waals surface area contributed by atoms with Crippen LogP contribution in [0.4, 0.5) is 0 Å². The van der Waals surface area contributed by atoms with Crippen molar-refractivity contribution in [1.29, 1.82) is 0 Å². The van der Waals surface area contributed by atoms with Gasteiger partial charge in [-0.3, -0.25) is 9.69 Å². The summed E-state index contributed by atoms with van der Waals surface area (Å²) in [5, 5.41) is 3.05. The summed E-state index contributed by atoms with van der Waals surface area (Å²) in [6.07, 6.45) is 8.03. The van der Waals surface area contributed by atoms with Crippen LogP contribution in [-0.2, 0) is 16.1 Å². The number of hydrogen-bond acceptors (Lipinski definition) is 4. The molecule has 3 atom stereocenters. The first-order valence-electron chi connectivity index (χ1n) is 8.44. The lowest BCUT2D eigenvalue weighted by atomic mass is 9.91. The molecule has 0 bridgehead atoms. The molecule has 5 heteroatoms. The normalized spacial score (nSPS) is 31.9. The maximum absolute atomic E-state index is 12.2. The van der Waals surface area contributed by atoms with E-state index in [4.69, 9.17) is 9.15 Å². The molecule has 1 N–H and O–H groups in total. The highest BCUT2D eigenvalue weighted by atomic mass is 16.5. The second-order valence-electron chi connectivity index (χ2n) is 7.00. The van der Waals surface area contributed by atoms with Crippen molar-refractivity contribution in [1.82, 2.24) is 10.2 Å². The highest BCUT2D eigenvalue weighted by Crippen LogP contribution is 2.34. The fourth-order valence-electron chi connectivity index (χ4n) is 3.63. The highest BCUT2D eigenvalue weighted by Gasteiger charge is 2.41. The molecule has 0 aromatic carbocycles. The third kappa shape index (κ3) is 3.20. The fraction of sp³-hybridized carbons (Fsp3) is 0.706. The number of ether oxygens (including phenoxy) is 1.